The van der Waals surface area contributed by atoms with E-state index < -0.39 is 10.0 Å². The first-order valence-electron chi connectivity index (χ1n) is 12.1. The number of sulfonamides is 1. The van der Waals surface area contributed by atoms with Crippen LogP contribution in [0.2, 0.25) is 0 Å². The zero-order valence-electron chi connectivity index (χ0n) is 20.3. The van der Waals surface area contributed by atoms with E-state index in [0.29, 0.717) is 56.1 Å². The molecule has 1 aromatic carbocycles. The number of hydrogen-bond donors (Lipinski definition) is 0. The third-order valence-corrected chi connectivity index (χ3v) is 9.21. The number of likely N-dealkylation sites (tertiary alicyclic amines) is 1. The summed E-state index contributed by atoms with van der Waals surface area (Å²) < 4.78 is 34.8. The first-order valence-corrected chi connectivity index (χ1v) is 13.5. The van der Waals surface area contributed by atoms with Crippen molar-refractivity contribution in [2.75, 3.05) is 32.8 Å². The lowest BCUT2D eigenvalue weighted by atomic mass is 9.85. The smallest absolute Gasteiger partial charge is 0.243 e. The van der Waals surface area contributed by atoms with Gasteiger partial charge in [0.2, 0.25) is 21.8 Å². The highest BCUT2D eigenvalue weighted by atomic mass is 32.2. The Hall–Kier alpha value is -3.08. The molecule has 10 heteroatoms. The van der Waals surface area contributed by atoms with E-state index in [2.05, 4.69) is 0 Å². The molecule has 5 rings (SSSR count). The van der Waals surface area contributed by atoms with E-state index in [9.17, 15) is 22.8 Å². The van der Waals surface area contributed by atoms with Crippen LogP contribution in [-0.4, -0.2) is 72.6 Å². The maximum Gasteiger partial charge on any atom is 0.243 e. The lowest BCUT2D eigenvalue weighted by Crippen LogP contribution is -2.40. The minimum absolute atomic E-state index is 0.173. The van der Waals surface area contributed by atoms with Crippen LogP contribution in [0.5, 0.6) is 0 Å². The molecule has 0 spiro atoms. The van der Waals surface area contributed by atoms with Crippen LogP contribution < -0.4 is 0 Å². The molecule has 190 valence electrons. The number of nitrogens with zero attached hydrogens (tertiary/aromatic N) is 3. The Morgan fingerprint density at radius 1 is 1.00 bits per heavy atom. The van der Waals surface area contributed by atoms with Crippen LogP contribution in [0, 0.1) is 25.7 Å². The average molecular weight is 512 g/mol. The summed E-state index contributed by atoms with van der Waals surface area (Å²) in [4.78, 5) is 40.1. The predicted octanol–water partition coefficient (Wildman–Crippen LogP) is 2.25. The van der Waals surface area contributed by atoms with E-state index in [1.807, 2.05) is 23.6 Å². The van der Waals surface area contributed by atoms with Gasteiger partial charge in [0.15, 0.2) is 5.78 Å². The molecule has 1 aliphatic carbocycles. The highest BCUT2D eigenvalue weighted by Crippen LogP contribution is 2.35. The summed E-state index contributed by atoms with van der Waals surface area (Å²) in [6.45, 7) is 4.65. The highest BCUT2D eigenvalue weighted by Gasteiger charge is 2.47. The van der Waals surface area contributed by atoms with Gasteiger partial charge in [0.25, 0.3) is 0 Å². The number of allylic oxidation sites excluding steroid dienone is 2. The zero-order chi connectivity index (χ0) is 25.6. The van der Waals surface area contributed by atoms with Crippen molar-refractivity contribution < 1.29 is 27.5 Å². The molecule has 9 nitrogen and oxygen atoms in total. The minimum Gasteiger partial charge on any atom is -0.379 e. The fourth-order valence-electron chi connectivity index (χ4n) is 5.42. The van der Waals surface area contributed by atoms with Crippen molar-refractivity contribution in [2.24, 2.45) is 11.8 Å². The Bertz CT molecular complexity index is 1340. The van der Waals surface area contributed by atoms with E-state index in [0.717, 1.165) is 10.6 Å². The number of hydrogen-bond acceptors (Lipinski definition) is 6. The molecule has 0 unspecified atom stereocenters. The first kappa shape index (κ1) is 24.6. The van der Waals surface area contributed by atoms with Gasteiger partial charge in [0.05, 0.1) is 36.5 Å². The number of ether oxygens (including phenoxy) is 1. The molecule has 2 amide bonds. The number of ketones is 1. The Kier molecular flexibility index (Phi) is 6.44. The number of Topliss-reactive ketones (excluding diaryl/α,β-unsaturated/α-hetero) is 1. The van der Waals surface area contributed by atoms with Crippen LogP contribution in [0.25, 0.3) is 5.69 Å². The van der Waals surface area contributed by atoms with Gasteiger partial charge in [-0.3, -0.25) is 19.3 Å². The molecule has 0 radical (unpaired) electrons. The largest absolute Gasteiger partial charge is 0.379 e. The molecular formula is C26H29N3O6S. The fourth-order valence-corrected chi connectivity index (χ4v) is 6.86. The first-order chi connectivity index (χ1) is 17.2. The van der Waals surface area contributed by atoms with Gasteiger partial charge in [0.1, 0.15) is 0 Å². The van der Waals surface area contributed by atoms with Crippen LogP contribution in [-0.2, 0) is 24.3 Å². The van der Waals surface area contributed by atoms with Crippen molar-refractivity contribution >= 4 is 27.6 Å². The number of rotatable bonds is 6. The Morgan fingerprint density at radius 2 is 1.64 bits per heavy atom. The summed E-state index contributed by atoms with van der Waals surface area (Å²) in [5, 5.41) is 0. The molecule has 2 atom stereocenters. The molecule has 0 N–H and O–H groups in total. The van der Waals surface area contributed by atoms with Crippen molar-refractivity contribution in [1.82, 2.24) is 13.8 Å². The SMILES string of the molecule is Cc1cc(C(=O)CN2C(=O)[C@H]3CC=CC[C@H]3C2=O)c(C)n1-c1cccc(S(=O)(=O)N2CCOCC2)c1. The minimum atomic E-state index is -3.68. The normalized spacial score (nSPS) is 22.8. The number of fused-ring (bicyclic) bond motifs is 1. The lowest BCUT2D eigenvalue weighted by Gasteiger charge is -2.26. The van der Waals surface area contributed by atoms with Crippen LogP contribution >= 0.6 is 0 Å². The molecule has 2 fully saturated rings. The zero-order valence-corrected chi connectivity index (χ0v) is 21.2. The van der Waals surface area contributed by atoms with Crippen LogP contribution in [0.3, 0.4) is 0 Å². The summed E-state index contributed by atoms with van der Waals surface area (Å²) >= 11 is 0. The number of carbonyl (C=O) groups is 3. The number of amides is 2. The Labute approximate surface area is 210 Å². The second-order valence-electron chi connectivity index (χ2n) is 9.48. The summed E-state index contributed by atoms with van der Waals surface area (Å²) in [7, 11) is -3.68. The van der Waals surface area contributed by atoms with E-state index in [4.69, 9.17) is 4.74 Å². The molecule has 3 heterocycles. The third kappa shape index (κ3) is 4.12. The Morgan fingerprint density at radius 3 is 2.28 bits per heavy atom. The molecule has 36 heavy (non-hydrogen) atoms. The number of morpholine rings is 1. The Balaban J connectivity index is 1.41. The molecular weight excluding hydrogens is 482 g/mol. The van der Waals surface area contributed by atoms with Gasteiger partial charge < -0.3 is 9.30 Å². The van der Waals surface area contributed by atoms with Gasteiger partial charge in [-0.25, -0.2) is 8.42 Å². The summed E-state index contributed by atoms with van der Waals surface area (Å²) in [6.07, 6.45) is 4.88. The van der Waals surface area contributed by atoms with Crippen molar-refractivity contribution in [3.8, 4) is 5.69 Å². The average Bonchev–Trinajstić information content (AvgIpc) is 3.32. The van der Waals surface area contributed by atoms with E-state index in [-0.39, 0.29) is 40.9 Å². The molecule has 3 aliphatic rings. The molecule has 2 aliphatic heterocycles. The van der Waals surface area contributed by atoms with Crippen LogP contribution in [0.4, 0.5) is 0 Å². The monoisotopic (exact) mass is 511 g/mol. The lowest BCUT2D eigenvalue weighted by molar-refractivity contribution is -0.139. The number of aryl methyl sites for hydroxylation is 1. The van der Waals surface area contributed by atoms with Gasteiger partial charge >= 0.3 is 0 Å². The topological polar surface area (TPSA) is 106 Å². The molecule has 2 saturated heterocycles. The molecule has 2 aromatic rings. The quantitative estimate of drug-likeness (QED) is 0.335. The number of carbonyl (C=O) groups excluding carboxylic acids is 3. The second-order valence-corrected chi connectivity index (χ2v) is 11.4. The van der Waals surface area contributed by atoms with Crippen LogP contribution in [0.1, 0.15) is 34.6 Å². The summed E-state index contributed by atoms with van der Waals surface area (Å²) in [5.74, 6) is -1.63. The standard InChI is InChI=1S/C26H29N3O6S/c1-17-14-23(24(30)16-28-25(31)21-8-3-4-9-22(21)26(28)32)18(2)29(17)19-6-5-7-20(15-19)36(33,34)27-10-12-35-13-11-27/h3-7,14-15,21-22H,8-13,16H2,1-2H3/t21-,22+. The van der Waals surface area contributed by atoms with Gasteiger partial charge in [-0.2, -0.15) is 4.31 Å². The van der Waals surface area contributed by atoms with Crippen molar-refractivity contribution in [2.45, 2.75) is 31.6 Å². The predicted molar refractivity (Wildman–Crippen MR) is 131 cm³/mol. The van der Waals surface area contributed by atoms with E-state index in [1.165, 1.54) is 4.31 Å². The van der Waals surface area contributed by atoms with Crippen LogP contribution in [0.15, 0.2) is 47.4 Å². The molecule has 0 saturated carbocycles. The van der Waals surface area contributed by atoms with Crippen molar-refractivity contribution in [1.29, 1.82) is 0 Å². The maximum absolute atomic E-state index is 13.3. The van der Waals surface area contributed by atoms with E-state index >= 15 is 0 Å². The summed E-state index contributed by atoms with van der Waals surface area (Å²) in [5.41, 5.74) is 2.39. The van der Waals surface area contributed by atoms with Crippen molar-refractivity contribution in [3.05, 3.63) is 59.4 Å². The fraction of sp³-hybridized carbons (Fsp3) is 0.423. The maximum atomic E-state index is 13.3. The third-order valence-electron chi connectivity index (χ3n) is 7.32. The van der Waals surface area contributed by atoms with Crippen molar-refractivity contribution in [3.63, 3.8) is 0 Å². The van der Waals surface area contributed by atoms with Gasteiger partial charge in [0, 0.05) is 35.7 Å². The van der Waals surface area contributed by atoms with E-state index in [1.54, 1.807) is 37.3 Å². The van der Waals surface area contributed by atoms with Gasteiger partial charge in [-0.1, -0.05) is 18.2 Å². The summed E-state index contributed by atoms with van der Waals surface area (Å²) in [6, 6.07) is 8.36. The van der Waals surface area contributed by atoms with Gasteiger partial charge in [-0.15, -0.1) is 0 Å². The number of imide groups is 1. The number of aromatic nitrogens is 1. The van der Waals surface area contributed by atoms with Gasteiger partial charge in [-0.05, 0) is 51.0 Å². The number of benzene rings is 1. The second kappa shape index (κ2) is 9.42. The highest BCUT2D eigenvalue weighted by molar-refractivity contribution is 7.89. The molecule has 0 bridgehead atoms. The molecule has 1 aromatic heterocycles.